The number of carbonyl (C=O) groups excluding carboxylic acids is 2. The number of ether oxygens (including phenoxy) is 2. The number of halogens is 3. The van der Waals surface area contributed by atoms with Crippen molar-refractivity contribution in [3.05, 3.63) is 108 Å². The third-order valence-corrected chi connectivity index (χ3v) is 11.5. The van der Waals surface area contributed by atoms with Crippen LogP contribution in [0.25, 0.3) is 0 Å². The molecule has 300 valence electrons. The highest BCUT2D eigenvalue weighted by Gasteiger charge is 2.45. The summed E-state index contributed by atoms with van der Waals surface area (Å²) < 4.78 is 69.4. The molecule has 3 N–H and O–H groups in total. The molecule has 0 spiro atoms. The van der Waals surface area contributed by atoms with Crippen molar-refractivity contribution < 1.29 is 33.3 Å². The Morgan fingerprint density at radius 2 is 1.26 bits per heavy atom. The van der Waals surface area contributed by atoms with Crippen LogP contribution in [0.3, 0.4) is 0 Å². The lowest BCUT2D eigenvalue weighted by Gasteiger charge is -2.39. The van der Waals surface area contributed by atoms with Crippen LogP contribution in [0.4, 0.5) is 31.5 Å². The summed E-state index contributed by atoms with van der Waals surface area (Å²) in [7, 11) is 0. The van der Waals surface area contributed by atoms with Crippen LogP contribution in [0, 0.1) is 11.6 Å². The van der Waals surface area contributed by atoms with Crippen molar-refractivity contribution in [2.75, 3.05) is 85.2 Å². The Morgan fingerprint density at radius 3 is 1.84 bits per heavy atom. The molecule has 6 aliphatic rings. The van der Waals surface area contributed by atoms with E-state index in [2.05, 4.69) is 33.0 Å². The van der Waals surface area contributed by atoms with E-state index in [-0.39, 0.29) is 35.6 Å². The van der Waals surface area contributed by atoms with Crippen LogP contribution in [0.15, 0.2) is 84.9 Å². The molecule has 4 aromatic rings. The second kappa shape index (κ2) is 17.7. The molecule has 0 bridgehead atoms. The molecule has 13 heteroatoms. The summed E-state index contributed by atoms with van der Waals surface area (Å²) in [5.74, 6) is 0.707. The minimum atomic E-state index is -2.03. The van der Waals surface area contributed by atoms with Crippen molar-refractivity contribution in [2.45, 2.75) is 49.6 Å². The number of nitrogens with one attached hydrogen (secondary N) is 3. The minimum absolute atomic E-state index is 0.00563. The first kappa shape index (κ1) is 34.2. The fourth-order valence-corrected chi connectivity index (χ4v) is 8.78. The van der Waals surface area contributed by atoms with Gasteiger partial charge >= 0.3 is 0 Å². The number of alkyl halides is 1. The van der Waals surface area contributed by atoms with Gasteiger partial charge in [-0.3, -0.25) is 9.59 Å². The predicted octanol–water partition coefficient (Wildman–Crippen LogP) is 6.96. The second-order valence-electron chi connectivity index (χ2n) is 14.8. The van der Waals surface area contributed by atoms with Crippen LogP contribution >= 0.6 is 11.6 Å². The highest BCUT2D eigenvalue weighted by Crippen LogP contribution is 2.50. The molecule has 6 aliphatic heterocycles. The van der Waals surface area contributed by atoms with Gasteiger partial charge in [0.15, 0.2) is 0 Å². The molecule has 0 radical (unpaired) electrons. The van der Waals surface area contributed by atoms with Gasteiger partial charge in [0.2, 0.25) is 11.8 Å². The number of amides is 2. The minimum Gasteiger partial charge on any atom is -0.494 e. The molecule has 2 saturated heterocycles. The highest BCUT2D eigenvalue weighted by molar-refractivity contribution is 6.17. The zero-order valence-corrected chi connectivity index (χ0v) is 32.2. The highest BCUT2D eigenvalue weighted by atomic mass is 35.5. The zero-order chi connectivity index (χ0) is 42.9. The standard InChI is InChI=1S/C22H24FN3O2.C13H15N3O.C9H10ClFO/c23-15-5-7-16(8-6-15)28-12-2-10-25-11-9-20-18(13-25)17-3-1-4-19-22(17)26(20)14-21(27)24-19;17-12-7-16-11-4-5-14-6-9(11)8-2-1-3-10(15-12)13(8)16;10-6-1-7-12-9-4-2-8(11)3-5-9/h1,3-8,18,20H,2,9-14H2,(H,24,27);1-3,9,11,14H,4-7H2,(H,15,17);2-5H,1,6-7H2/t18-,20-;9-,11-;/m00./s1/i14D2;7D2;. The van der Waals surface area contributed by atoms with E-state index in [0.29, 0.717) is 36.3 Å². The van der Waals surface area contributed by atoms with Gasteiger partial charge in [-0.2, -0.15) is 0 Å². The molecule has 2 amide bonds. The summed E-state index contributed by atoms with van der Waals surface area (Å²) in [4.78, 5) is 30.2. The molecule has 6 heterocycles. The monoisotopic (exact) mass is 802 g/mol. The first-order valence-corrected chi connectivity index (χ1v) is 20.1. The molecule has 0 aromatic heterocycles. The van der Waals surface area contributed by atoms with Crippen LogP contribution in [-0.4, -0.2) is 93.6 Å². The molecule has 10 nitrogen and oxygen atoms in total. The molecule has 0 aliphatic carbocycles. The Kier molecular flexibility index (Phi) is 10.6. The number of hydrogen-bond donors (Lipinski definition) is 3. The lowest BCUT2D eigenvalue weighted by atomic mass is 9.89. The van der Waals surface area contributed by atoms with Crippen LogP contribution < -0.4 is 35.2 Å². The fraction of sp³-hybridized carbons (Fsp3) is 0.409. The Morgan fingerprint density at radius 1 is 0.719 bits per heavy atom. The Hall–Kier alpha value is -4.91. The number of carbonyl (C=O) groups is 2. The van der Waals surface area contributed by atoms with Crippen molar-refractivity contribution >= 4 is 46.2 Å². The third-order valence-electron chi connectivity index (χ3n) is 11.2. The van der Waals surface area contributed by atoms with Gasteiger partial charge in [0.05, 0.1) is 54.4 Å². The molecule has 10 rings (SSSR count). The molecule has 2 fully saturated rings. The van der Waals surface area contributed by atoms with E-state index in [1.165, 1.54) is 24.3 Å². The van der Waals surface area contributed by atoms with Gasteiger partial charge < -0.3 is 40.1 Å². The number of hydrogen-bond acceptors (Lipinski definition) is 8. The molecule has 0 saturated carbocycles. The van der Waals surface area contributed by atoms with Crippen molar-refractivity contribution in [1.82, 2.24) is 10.2 Å². The number of para-hydroxylation sites is 2. The van der Waals surface area contributed by atoms with E-state index >= 15 is 0 Å². The lowest BCUT2D eigenvalue weighted by Crippen LogP contribution is -2.49. The average Bonchev–Trinajstić information content (AvgIpc) is 3.79. The number of anilines is 4. The smallest absolute Gasteiger partial charge is 0.243 e. The fourth-order valence-electron chi connectivity index (χ4n) is 8.67. The maximum Gasteiger partial charge on any atom is 0.243 e. The number of likely N-dealkylation sites (tertiary alicyclic amines) is 1. The predicted molar refractivity (Wildman–Crippen MR) is 220 cm³/mol. The Balaban J connectivity index is 0.000000141. The average molecular weight is 803 g/mol. The van der Waals surface area contributed by atoms with Gasteiger partial charge in [-0.15, -0.1) is 11.6 Å². The first-order chi connectivity index (χ1) is 29.4. The van der Waals surface area contributed by atoms with Crippen molar-refractivity contribution in [3.8, 4) is 11.5 Å². The Bertz CT molecular complexity index is 2230. The SMILES string of the molecule is Fc1ccc(OCCCCl)cc1.[2H]C1([2H])C(=O)Nc2cccc3c2N1[C@H]1CCN(CCCOc2ccc(F)cc2)C[C@@H]31.[2H]C1([2H])C(=O)Nc2cccc3c2N1[C@H]1CCNC[C@@H]31. The third kappa shape index (κ3) is 8.68. The largest absolute Gasteiger partial charge is 0.494 e. The molecular formula is C44H49ClF2N6O4. The number of piperidine rings is 2. The van der Waals surface area contributed by atoms with Gasteiger partial charge in [0.1, 0.15) is 23.1 Å². The lowest BCUT2D eigenvalue weighted by molar-refractivity contribution is -0.116. The van der Waals surface area contributed by atoms with E-state index in [1.807, 2.05) is 24.3 Å². The molecule has 57 heavy (non-hydrogen) atoms. The zero-order valence-electron chi connectivity index (χ0n) is 35.5. The van der Waals surface area contributed by atoms with Crippen LogP contribution in [0.2, 0.25) is 0 Å². The van der Waals surface area contributed by atoms with Crippen molar-refractivity contribution in [2.24, 2.45) is 0 Å². The number of nitrogens with zero attached hydrogens (tertiary/aromatic N) is 3. The summed E-state index contributed by atoms with van der Waals surface area (Å²) >= 11 is 5.45. The summed E-state index contributed by atoms with van der Waals surface area (Å²) in [6.07, 6.45) is 3.33. The van der Waals surface area contributed by atoms with Crippen LogP contribution in [-0.2, 0) is 9.59 Å². The molecule has 4 atom stereocenters. The number of benzene rings is 4. The summed E-state index contributed by atoms with van der Waals surface area (Å²) in [5.41, 5.74) is 5.45. The molecule has 0 unspecified atom stereocenters. The first-order valence-electron chi connectivity index (χ1n) is 21.6. The maximum atomic E-state index is 13.0. The van der Waals surface area contributed by atoms with Crippen molar-refractivity contribution in [3.63, 3.8) is 0 Å². The van der Waals surface area contributed by atoms with E-state index in [0.717, 1.165) is 86.6 Å². The van der Waals surface area contributed by atoms with E-state index in [4.69, 9.17) is 26.6 Å². The van der Waals surface area contributed by atoms with Crippen LogP contribution in [0.5, 0.6) is 11.5 Å². The second-order valence-corrected chi connectivity index (χ2v) is 15.2. The number of rotatable bonds is 9. The molecule has 4 aromatic carbocycles. The van der Waals surface area contributed by atoms with Crippen molar-refractivity contribution in [1.29, 1.82) is 0 Å². The van der Waals surface area contributed by atoms with E-state index in [1.54, 1.807) is 34.1 Å². The molecular weight excluding hydrogens is 750 g/mol. The maximum absolute atomic E-state index is 13.0. The summed E-state index contributed by atoms with van der Waals surface area (Å²) in [6, 6.07) is 23.8. The van der Waals surface area contributed by atoms with E-state index < -0.39 is 24.8 Å². The van der Waals surface area contributed by atoms with Gasteiger partial charge in [0, 0.05) is 56.0 Å². The Labute approximate surface area is 343 Å². The van der Waals surface area contributed by atoms with Crippen LogP contribution in [0.1, 0.15) is 54.1 Å². The number of fused-ring (bicyclic) bond motifs is 6. The van der Waals surface area contributed by atoms with E-state index in [9.17, 15) is 18.4 Å². The topological polar surface area (TPSA) is 98.4 Å². The normalized spacial score (nSPS) is 25.1. The summed E-state index contributed by atoms with van der Waals surface area (Å²) in [6.45, 7) is 1.44. The quantitative estimate of drug-likeness (QED) is 0.124. The van der Waals surface area contributed by atoms with Gasteiger partial charge in [-0.25, -0.2) is 8.78 Å². The van der Waals surface area contributed by atoms with Gasteiger partial charge in [0.25, 0.3) is 0 Å². The van der Waals surface area contributed by atoms with Gasteiger partial charge in [-0.1, -0.05) is 24.3 Å². The van der Waals surface area contributed by atoms with Gasteiger partial charge in [-0.05, 0) is 104 Å². The summed E-state index contributed by atoms with van der Waals surface area (Å²) in [5, 5.41) is 8.79.